The van der Waals surface area contributed by atoms with Crippen LogP contribution in [0, 0.1) is 0 Å². The molecule has 1 nitrogen and oxygen atoms in total. The molecule has 0 fully saturated rings. The fraction of sp³-hybridized carbons (Fsp3) is 0.214. The number of aromatic nitrogens is 1. The number of hydrogen-bond acceptors (Lipinski definition) is 2. The summed E-state index contributed by atoms with van der Waals surface area (Å²) < 4.78 is 0. The van der Waals surface area contributed by atoms with Gasteiger partial charge >= 0.3 is 0 Å². The zero-order chi connectivity index (χ0) is 11.2. The summed E-state index contributed by atoms with van der Waals surface area (Å²) in [5.74, 6) is 2.12. The molecular weight excluding hydrogens is 214 g/mol. The Morgan fingerprint density at radius 3 is 3.00 bits per heavy atom. The smallest absolute Gasteiger partial charge is 0.0490 e. The van der Waals surface area contributed by atoms with Crippen LogP contribution in [0.25, 0.3) is 10.8 Å². The van der Waals surface area contributed by atoms with E-state index in [0.29, 0.717) is 0 Å². The minimum Gasteiger partial charge on any atom is -0.261 e. The Morgan fingerprint density at radius 2 is 2.12 bits per heavy atom. The van der Waals surface area contributed by atoms with Gasteiger partial charge in [-0.05, 0) is 23.6 Å². The van der Waals surface area contributed by atoms with E-state index in [9.17, 15) is 0 Å². The van der Waals surface area contributed by atoms with Crippen LogP contribution < -0.4 is 0 Å². The molecule has 2 aromatic rings. The summed E-state index contributed by atoms with van der Waals surface area (Å²) in [6.45, 7) is 3.72. The van der Waals surface area contributed by atoms with Gasteiger partial charge in [-0.2, -0.15) is 11.8 Å². The molecule has 0 atom stereocenters. The number of hydrogen-bond donors (Lipinski definition) is 0. The topological polar surface area (TPSA) is 12.9 Å². The molecule has 0 unspecified atom stereocenters. The summed E-state index contributed by atoms with van der Waals surface area (Å²) in [7, 11) is 0. The third kappa shape index (κ3) is 2.64. The molecule has 0 spiro atoms. The Kier molecular flexibility index (Phi) is 4.00. The van der Waals surface area contributed by atoms with E-state index in [1.54, 1.807) is 0 Å². The molecule has 0 bridgehead atoms. The van der Waals surface area contributed by atoms with Gasteiger partial charge in [-0.1, -0.05) is 30.3 Å². The molecule has 16 heavy (non-hydrogen) atoms. The zero-order valence-corrected chi connectivity index (χ0v) is 10.0. The second-order valence-electron chi connectivity index (χ2n) is 3.59. The third-order valence-corrected chi connectivity index (χ3v) is 3.44. The number of aryl methyl sites for hydroxylation is 1. The number of nitrogens with zero attached hydrogens (tertiary/aromatic N) is 1. The number of thioether (sulfide) groups is 1. The normalized spacial score (nSPS) is 10.5. The van der Waals surface area contributed by atoms with E-state index < -0.39 is 0 Å². The molecule has 0 aliphatic rings. The number of rotatable bonds is 5. The van der Waals surface area contributed by atoms with Gasteiger partial charge in [-0.25, -0.2) is 0 Å². The van der Waals surface area contributed by atoms with Crippen LogP contribution in [0.1, 0.15) is 5.69 Å². The van der Waals surface area contributed by atoms with Gasteiger partial charge in [0.25, 0.3) is 0 Å². The molecular formula is C14H15NS. The highest BCUT2D eigenvalue weighted by atomic mass is 32.2. The Balaban J connectivity index is 2.14. The average molecular weight is 229 g/mol. The average Bonchev–Trinajstić information content (AvgIpc) is 2.35. The lowest BCUT2D eigenvalue weighted by Crippen LogP contribution is -1.94. The molecule has 1 aromatic carbocycles. The summed E-state index contributed by atoms with van der Waals surface area (Å²) in [4.78, 5) is 4.47. The van der Waals surface area contributed by atoms with Gasteiger partial charge < -0.3 is 0 Å². The molecule has 82 valence electrons. The van der Waals surface area contributed by atoms with Crippen LogP contribution in [0.15, 0.2) is 49.2 Å². The van der Waals surface area contributed by atoms with Crippen molar-refractivity contribution in [2.24, 2.45) is 0 Å². The van der Waals surface area contributed by atoms with Gasteiger partial charge in [0, 0.05) is 23.0 Å². The summed E-state index contributed by atoms with van der Waals surface area (Å²) >= 11 is 1.90. The first-order valence-corrected chi connectivity index (χ1v) is 6.58. The highest BCUT2D eigenvalue weighted by molar-refractivity contribution is 7.99. The second-order valence-corrected chi connectivity index (χ2v) is 4.74. The van der Waals surface area contributed by atoms with Crippen LogP contribution in [0.3, 0.4) is 0 Å². The molecule has 1 aromatic heterocycles. The van der Waals surface area contributed by atoms with E-state index in [1.807, 2.05) is 24.0 Å². The van der Waals surface area contributed by atoms with Gasteiger partial charge in [0.2, 0.25) is 0 Å². The number of benzene rings is 1. The highest BCUT2D eigenvalue weighted by Crippen LogP contribution is 2.17. The molecule has 0 aliphatic carbocycles. The standard InChI is InChI=1S/C14H15NS/c1-2-10-16-11-8-14-13-6-4-3-5-12(13)7-9-15-14/h2-7,9H,1,8,10-11H2. The number of pyridine rings is 1. The Hall–Kier alpha value is -1.28. The van der Waals surface area contributed by atoms with E-state index in [1.165, 1.54) is 16.5 Å². The van der Waals surface area contributed by atoms with Crippen molar-refractivity contribution < 1.29 is 0 Å². The lowest BCUT2D eigenvalue weighted by Gasteiger charge is -2.04. The van der Waals surface area contributed by atoms with E-state index in [0.717, 1.165) is 17.9 Å². The van der Waals surface area contributed by atoms with E-state index >= 15 is 0 Å². The molecule has 0 saturated heterocycles. The number of fused-ring (bicyclic) bond motifs is 1. The quantitative estimate of drug-likeness (QED) is 0.573. The first-order valence-electron chi connectivity index (χ1n) is 5.43. The Labute approximate surface area is 101 Å². The molecule has 0 amide bonds. The SMILES string of the molecule is C=CCSCCc1nccc2ccccc12. The molecule has 2 heteroatoms. The van der Waals surface area contributed by atoms with Crippen LogP contribution >= 0.6 is 11.8 Å². The zero-order valence-electron chi connectivity index (χ0n) is 9.23. The van der Waals surface area contributed by atoms with Crippen molar-refractivity contribution in [3.8, 4) is 0 Å². The van der Waals surface area contributed by atoms with Gasteiger partial charge in [0.05, 0.1) is 0 Å². The van der Waals surface area contributed by atoms with Gasteiger partial charge in [0.1, 0.15) is 0 Å². The van der Waals surface area contributed by atoms with Crippen LogP contribution in [0.4, 0.5) is 0 Å². The predicted molar refractivity (Wildman–Crippen MR) is 73.0 cm³/mol. The van der Waals surface area contributed by atoms with E-state index in [4.69, 9.17) is 0 Å². The summed E-state index contributed by atoms with van der Waals surface area (Å²) in [6.07, 6.45) is 4.87. The summed E-state index contributed by atoms with van der Waals surface area (Å²) in [5, 5.41) is 2.56. The first kappa shape index (κ1) is 11.2. The van der Waals surface area contributed by atoms with Crippen molar-refractivity contribution in [1.82, 2.24) is 4.98 Å². The highest BCUT2D eigenvalue weighted by Gasteiger charge is 2.00. The maximum atomic E-state index is 4.47. The molecule has 0 saturated carbocycles. The van der Waals surface area contributed by atoms with Crippen LogP contribution in [0.5, 0.6) is 0 Å². The van der Waals surface area contributed by atoms with Crippen molar-refractivity contribution >= 4 is 22.5 Å². The summed E-state index contributed by atoms with van der Waals surface area (Å²) in [6, 6.07) is 10.5. The first-order chi connectivity index (χ1) is 7.92. The van der Waals surface area contributed by atoms with Gasteiger partial charge in [0.15, 0.2) is 0 Å². The van der Waals surface area contributed by atoms with Crippen LogP contribution in [0.2, 0.25) is 0 Å². The maximum absolute atomic E-state index is 4.47. The largest absolute Gasteiger partial charge is 0.261 e. The van der Waals surface area contributed by atoms with E-state index in [-0.39, 0.29) is 0 Å². The van der Waals surface area contributed by atoms with Crippen molar-refractivity contribution in [2.75, 3.05) is 11.5 Å². The van der Waals surface area contributed by atoms with Gasteiger partial charge in [-0.15, -0.1) is 6.58 Å². The van der Waals surface area contributed by atoms with Crippen molar-refractivity contribution in [3.63, 3.8) is 0 Å². The minimum absolute atomic E-state index is 1.02. The van der Waals surface area contributed by atoms with E-state index in [2.05, 4.69) is 41.9 Å². The maximum Gasteiger partial charge on any atom is 0.0490 e. The molecule has 0 N–H and O–H groups in total. The van der Waals surface area contributed by atoms with Gasteiger partial charge in [-0.3, -0.25) is 4.98 Å². The predicted octanol–water partition coefficient (Wildman–Crippen LogP) is 3.70. The lowest BCUT2D eigenvalue weighted by atomic mass is 10.1. The Morgan fingerprint density at radius 1 is 1.25 bits per heavy atom. The Bertz CT molecular complexity index is 474. The lowest BCUT2D eigenvalue weighted by molar-refractivity contribution is 1.07. The summed E-state index contributed by atoms with van der Waals surface area (Å²) in [5.41, 5.74) is 1.20. The van der Waals surface area contributed by atoms with Crippen molar-refractivity contribution in [3.05, 3.63) is 54.9 Å². The fourth-order valence-corrected chi connectivity index (χ4v) is 2.39. The van der Waals surface area contributed by atoms with Crippen molar-refractivity contribution in [1.29, 1.82) is 0 Å². The molecule has 1 heterocycles. The molecule has 0 aliphatic heterocycles. The fourth-order valence-electron chi connectivity index (χ4n) is 1.72. The van der Waals surface area contributed by atoms with Crippen LogP contribution in [-0.4, -0.2) is 16.5 Å². The van der Waals surface area contributed by atoms with Crippen molar-refractivity contribution in [2.45, 2.75) is 6.42 Å². The van der Waals surface area contributed by atoms with Crippen LogP contribution in [-0.2, 0) is 6.42 Å². The molecule has 0 radical (unpaired) electrons. The third-order valence-electron chi connectivity index (χ3n) is 2.48. The monoisotopic (exact) mass is 229 g/mol. The minimum atomic E-state index is 1.02. The molecule has 2 rings (SSSR count). The second kappa shape index (κ2) is 5.71.